The zero-order valence-electron chi connectivity index (χ0n) is 22.5. The van der Waals surface area contributed by atoms with Crippen LogP contribution in [-0.4, -0.2) is 49.7 Å². The van der Waals surface area contributed by atoms with E-state index in [9.17, 15) is 18.4 Å². The lowest BCUT2D eigenvalue weighted by molar-refractivity contribution is -0.149. The van der Waals surface area contributed by atoms with Gasteiger partial charge in [0.25, 0.3) is 0 Å². The summed E-state index contributed by atoms with van der Waals surface area (Å²) < 4.78 is 34.3. The number of nitrogens with one attached hydrogen (secondary N) is 1. The van der Waals surface area contributed by atoms with Crippen molar-refractivity contribution in [2.75, 3.05) is 24.6 Å². The van der Waals surface area contributed by atoms with Gasteiger partial charge in [-0.3, -0.25) is 14.6 Å². The number of hydrogen-bond acceptors (Lipinski definition) is 7. The van der Waals surface area contributed by atoms with Gasteiger partial charge in [-0.25, -0.2) is 8.78 Å². The van der Waals surface area contributed by atoms with E-state index in [0.717, 1.165) is 29.5 Å². The van der Waals surface area contributed by atoms with Crippen LogP contribution < -0.4 is 16.1 Å². The molecule has 1 unspecified atom stereocenters. The van der Waals surface area contributed by atoms with Crippen molar-refractivity contribution in [3.63, 3.8) is 0 Å². The Hall–Kier alpha value is -3.17. The lowest BCUT2D eigenvalue weighted by Crippen LogP contribution is -2.55. The first-order valence-corrected chi connectivity index (χ1v) is 12.9. The zero-order valence-corrected chi connectivity index (χ0v) is 22.5. The standard InChI is InChI=1S/C29H38F2N4O3/c1-20(37)38-23(18-36)17-33-26(28(2,3)4)27-29(13-8-14-32,16-21-9-6-5-7-10-21)19-35(34-27)25-15-22(30)11-12-24(25)31/h5-7,9-12,15,18,23,26,33H,8,13-14,16-17,19,32H2,1-4H3/t23-,26-,29?/m0/s1. The topological polar surface area (TPSA) is 97.0 Å². The number of hydrogen-bond donors (Lipinski definition) is 2. The summed E-state index contributed by atoms with van der Waals surface area (Å²) in [4.78, 5) is 23.1. The predicted octanol–water partition coefficient (Wildman–Crippen LogP) is 4.24. The van der Waals surface area contributed by atoms with E-state index >= 15 is 0 Å². The number of anilines is 1. The Morgan fingerprint density at radius 3 is 2.55 bits per heavy atom. The molecule has 0 radical (unpaired) electrons. The number of rotatable bonds is 12. The van der Waals surface area contributed by atoms with Crippen molar-refractivity contribution in [3.8, 4) is 0 Å². The van der Waals surface area contributed by atoms with Crippen molar-refractivity contribution < 1.29 is 23.1 Å². The average molecular weight is 529 g/mol. The number of esters is 1. The third-order valence-corrected chi connectivity index (χ3v) is 6.79. The van der Waals surface area contributed by atoms with Crippen molar-refractivity contribution in [2.24, 2.45) is 21.7 Å². The molecule has 1 aliphatic rings. The van der Waals surface area contributed by atoms with Crippen LogP contribution in [0.15, 0.2) is 53.6 Å². The number of benzene rings is 2. The molecule has 3 N–H and O–H groups in total. The van der Waals surface area contributed by atoms with E-state index in [4.69, 9.17) is 15.6 Å². The van der Waals surface area contributed by atoms with E-state index in [1.165, 1.54) is 11.9 Å². The maximum Gasteiger partial charge on any atom is 0.303 e. The molecule has 0 saturated carbocycles. The molecule has 0 spiro atoms. The molecule has 0 aromatic heterocycles. The third kappa shape index (κ3) is 7.23. The molecule has 0 amide bonds. The summed E-state index contributed by atoms with van der Waals surface area (Å²) in [5.74, 6) is -1.68. The minimum atomic E-state index is -0.969. The number of carbonyl (C=O) groups excluding carboxylic acids is 2. The van der Waals surface area contributed by atoms with Crippen LogP contribution in [0.2, 0.25) is 0 Å². The van der Waals surface area contributed by atoms with Gasteiger partial charge in [0, 0.05) is 24.9 Å². The second-order valence-corrected chi connectivity index (χ2v) is 11.0. The molecule has 206 valence electrons. The second kappa shape index (κ2) is 12.6. The maximum absolute atomic E-state index is 14.9. The molecule has 0 fully saturated rings. The van der Waals surface area contributed by atoms with Crippen molar-refractivity contribution in [1.29, 1.82) is 0 Å². The first kappa shape index (κ1) is 29.4. The number of hydrazone groups is 1. The van der Waals surface area contributed by atoms with Gasteiger partial charge in [-0.2, -0.15) is 5.10 Å². The molecular formula is C29H38F2N4O3. The van der Waals surface area contributed by atoms with Gasteiger partial charge in [-0.15, -0.1) is 0 Å². The van der Waals surface area contributed by atoms with Gasteiger partial charge in [-0.05, 0) is 48.9 Å². The van der Waals surface area contributed by atoms with Crippen molar-refractivity contribution in [2.45, 2.75) is 59.1 Å². The summed E-state index contributed by atoms with van der Waals surface area (Å²) in [6.07, 6.45) is 1.59. The molecule has 2 aromatic rings. The number of nitrogens with zero attached hydrogens (tertiary/aromatic N) is 2. The normalized spacial score (nSPS) is 19.1. The molecular weight excluding hydrogens is 490 g/mol. The Bertz CT molecular complexity index is 1140. The molecule has 38 heavy (non-hydrogen) atoms. The SMILES string of the molecule is CC(=O)O[C@H](C=O)CN[C@@H](C1=NN(c2cc(F)ccc2F)CC1(CCCN)Cc1ccccc1)C(C)(C)C. The minimum Gasteiger partial charge on any atom is -0.453 e. The average Bonchev–Trinajstić information content (AvgIpc) is 3.21. The summed E-state index contributed by atoms with van der Waals surface area (Å²) >= 11 is 0. The van der Waals surface area contributed by atoms with Crippen LogP contribution >= 0.6 is 0 Å². The van der Waals surface area contributed by atoms with Crippen molar-refractivity contribution in [3.05, 3.63) is 65.7 Å². The van der Waals surface area contributed by atoms with E-state index in [1.54, 1.807) is 0 Å². The number of halogens is 2. The molecule has 0 aliphatic carbocycles. The van der Waals surface area contributed by atoms with Gasteiger partial charge in [0.1, 0.15) is 11.6 Å². The smallest absolute Gasteiger partial charge is 0.303 e. The highest BCUT2D eigenvalue weighted by molar-refractivity contribution is 5.99. The Balaban J connectivity index is 2.12. The highest BCUT2D eigenvalue weighted by Crippen LogP contribution is 2.43. The highest BCUT2D eigenvalue weighted by Gasteiger charge is 2.48. The van der Waals surface area contributed by atoms with Crippen LogP contribution in [0.4, 0.5) is 14.5 Å². The molecule has 1 heterocycles. The first-order valence-electron chi connectivity index (χ1n) is 12.9. The van der Waals surface area contributed by atoms with E-state index in [0.29, 0.717) is 38.6 Å². The highest BCUT2D eigenvalue weighted by atomic mass is 19.1. The quantitative estimate of drug-likeness (QED) is 0.316. The Morgan fingerprint density at radius 2 is 1.95 bits per heavy atom. The molecule has 0 saturated heterocycles. The predicted molar refractivity (Wildman–Crippen MR) is 145 cm³/mol. The Morgan fingerprint density at radius 1 is 1.24 bits per heavy atom. The van der Waals surface area contributed by atoms with Crippen LogP contribution in [0.3, 0.4) is 0 Å². The second-order valence-electron chi connectivity index (χ2n) is 11.0. The monoisotopic (exact) mass is 528 g/mol. The van der Waals surface area contributed by atoms with Crippen molar-refractivity contribution >= 4 is 23.7 Å². The van der Waals surface area contributed by atoms with Crippen LogP contribution in [-0.2, 0) is 20.7 Å². The summed E-state index contributed by atoms with van der Waals surface area (Å²) in [6, 6.07) is 12.9. The van der Waals surface area contributed by atoms with Gasteiger partial charge in [0.15, 0.2) is 12.4 Å². The molecule has 3 rings (SSSR count). The van der Waals surface area contributed by atoms with Crippen LogP contribution in [0.5, 0.6) is 0 Å². The lowest BCUT2D eigenvalue weighted by atomic mass is 9.67. The molecule has 2 aromatic carbocycles. The fraction of sp³-hybridized carbons (Fsp3) is 0.483. The first-order chi connectivity index (χ1) is 18.0. The Labute approximate surface area is 223 Å². The largest absolute Gasteiger partial charge is 0.453 e. The zero-order chi connectivity index (χ0) is 27.9. The van der Waals surface area contributed by atoms with E-state index in [1.807, 2.05) is 51.1 Å². The van der Waals surface area contributed by atoms with E-state index in [-0.39, 0.29) is 18.3 Å². The third-order valence-electron chi connectivity index (χ3n) is 6.79. The van der Waals surface area contributed by atoms with Gasteiger partial charge < -0.3 is 15.8 Å². The maximum atomic E-state index is 14.9. The summed E-state index contributed by atoms with van der Waals surface area (Å²) in [5.41, 5.74) is 6.89. The van der Waals surface area contributed by atoms with Gasteiger partial charge in [0.2, 0.25) is 0 Å². The van der Waals surface area contributed by atoms with Crippen LogP contribution in [0, 0.1) is 22.5 Å². The lowest BCUT2D eigenvalue weighted by Gasteiger charge is -2.40. The minimum absolute atomic E-state index is 0.0588. The van der Waals surface area contributed by atoms with Crippen LogP contribution in [0.1, 0.15) is 46.1 Å². The van der Waals surface area contributed by atoms with Crippen LogP contribution in [0.25, 0.3) is 0 Å². The Kier molecular flexibility index (Phi) is 9.73. The number of aldehydes is 1. The number of carbonyl (C=O) groups is 2. The fourth-order valence-electron chi connectivity index (χ4n) is 5.07. The molecule has 0 bridgehead atoms. The van der Waals surface area contributed by atoms with E-state index < -0.39 is 34.5 Å². The molecule has 9 heteroatoms. The van der Waals surface area contributed by atoms with Gasteiger partial charge in [0.05, 0.1) is 24.0 Å². The summed E-state index contributed by atoms with van der Waals surface area (Å²) in [6.45, 7) is 8.24. The van der Waals surface area contributed by atoms with Crippen molar-refractivity contribution in [1.82, 2.24) is 5.32 Å². The molecule has 1 aliphatic heterocycles. The molecule has 3 atom stereocenters. The summed E-state index contributed by atoms with van der Waals surface area (Å²) in [5, 5.41) is 9.88. The van der Waals surface area contributed by atoms with Gasteiger partial charge in [-0.1, -0.05) is 51.1 Å². The number of ether oxygens (including phenoxy) is 1. The summed E-state index contributed by atoms with van der Waals surface area (Å²) in [7, 11) is 0. The van der Waals surface area contributed by atoms with E-state index in [2.05, 4.69) is 5.32 Å². The number of nitrogens with two attached hydrogens (primary N) is 1. The molecule has 7 nitrogen and oxygen atoms in total. The van der Waals surface area contributed by atoms with Gasteiger partial charge >= 0.3 is 5.97 Å². The fourth-order valence-corrected chi connectivity index (χ4v) is 5.07.